The molecular formula is C18H16O2. The van der Waals surface area contributed by atoms with Crippen molar-refractivity contribution >= 4 is 22.3 Å². The van der Waals surface area contributed by atoms with Crippen molar-refractivity contribution in [2.24, 2.45) is 0 Å². The van der Waals surface area contributed by atoms with E-state index in [-0.39, 0.29) is 11.6 Å². The summed E-state index contributed by atoms with van der Waals surface area (Å²) in [6.07, 6.45) is 3.43. The second-order valence-corrected chi connectivity index (χ2v) is 4.71. The monoisotopic (exact) mass is 264 g/mol. The SMILES string of the molecule is C=CC(=O)Cc1ccc2cc(CC(=O)C=C)ccc2c1. The maximum atomic E-state index is 11.4. The van der Waals surface area contributed by atoms with E-state index in [1.165, 1.54) is 12.2 Å². The highest BCUT2D eigenvalue weighted by atomic mass is 16.1. The first-order valence-corrected chi connectivity index (χ1v) is 6.44. The van der Waals surface area contributed by atoms with Gasteiger partial charge in [-0.1, -0.05) is 49.6 Å². The molecule has 0 saturated heterocycles. The van der Waals surface area contributed by atoms with E-state index in [9.17, 15) is 9.59 Å². The molecule has 0 fully saturated rings. The average molecular weight is 264 g/mol. The fraction of sp³-hybridized carbons (Fsp3) is 0.111. The van der Waals surface area contributed by atoms with Gasteiger partial charge in [-0.15, -0.1) is 0 Å². The first kappa shape index (κ1) is 13.9. The largest absolute Gasteiger partial charge is 0.295 e. The summed E-state index contributed by atoms with van der Waals surface area (Å²) in [4.78, 5) is 22.7. The topological polar surface area (TPSA) is 34.1 Å². The molecular weight excluding hydrogens is 248 g/mol. The number of fused-ring (bicyclic) bond motifs is 1. The zero-order valence-corrected chi connectivity index (χ0v) is 11.3. The summed E-state index contributed by atoms with van der Waals surface area (Å²) in [5, 5.41) is 2.13. The lowest BCUT2D eigenvalue weighted by Crippen LogP contribution is -1.99. The molecule has 0 atom stereocenters. The second kappa shape index (κ2) is 6.11. The highest BCUT2D eigenvalue weighted by molar-refractivity contribution is 5.93. The molecule has 2 rings (SSSR count). The van der Waals surface area contributed by atoms with Crippen LogP contribution in [0.2, 0.25) is 0 Å². The van der Waals surface area contributed by atoms with Crippen LogP contribution < -0.4 is 0 Å². The summed E-state index contributed by atoms with van der Waals surface area (Å²) in [7, 11) is 0. The lowest BCUT2D eigenvalue weighted by atomic mass is 10.00. The summed E-state index contributed by atoms with van der Waals surface area (Å²) in [6, 6.07) is 11.8. The second-order valence-electron chi connectivity index (χ2n) is 4.71. The third kappa shape index (κ3) is 3.29. The van der Waals surface area contributed by atoms with Gasteiger partial charge >= 0.3 is 0 Å². The molecule has 2 nitrogen and oxygen atoms in total. The molecule has 0 aliphatic carbocycles. The molecule has 2 aromatic carbocycles. The van der Waals surface area contributed by atoms with Crippen molar-refractivity contribution in [3.05, 3.63) is 72.8 Å². The van der Waals surface area contributed by atoms with E-state index < -0.39 is 0 Å². The molecule has 0 saturated carbocycles. The zero-order valence-electron chi connectivity index (χ0n) is 11.3. The number of benzene rings is 2. The highest BCUT2D eigenvalue weighted by Crippen LogP contribution is 2.19. The third-order valence-corrected chi connectivity index (χ3v) is 3.18. The Morgan fingerprint density at radius 2 is 1.20 bits per heavy atom. The molecule has 0 N–H and O–H groups in total. The quantitative estimate of drug-likeness (QED) is 0.749. The van der Waals surface area contributed by atoms with Gasteiger partial charge in [0, 0.05) is 12.8 Å². The van der Waals surface area contributed by atoms with E-state index in [1.54, 1.807) is 0 Å². The predicted octanol–water partition coefficient (Wildman–Crippen LogP) is 3.44. The molecule has 0 heterocycles. The summed E-state index contributed by atoms with van der Waals surface area (Å²) < 4.78 is 0. The first-order chi connectivity index (χ1) is 9.62. The van der Waals surface area contributed by atoms with Gasteiger partial charge in [0.15, 0.2) is 11.6 Å². The van der Waals surface area contributed by atoms with Crippen molar-refractivity contribution in [1.82, 2.24) is 0 Å². The van der Waals surface area contributed by atoms with Crippen molar-refractivity contribution in [1.29, 1.82) is 0 Å². The van der Waals surface area contributed by atoms with Crippen LogP contribution in [0, 0.1) is 0 Å². The fourth-order valence-corrected chi connectivity index (χ4v) is 2.11. The van der Waals surface area contributed by atoms with Gasteiger partial charge in [-0.3, -0.25) is 9.59 Å². The first-order valence-electron chi connectivity index (χ1n) is 6.44. The smallest absolute Gasteiger partial charge is 0.159 e. The maximum absolute atomic E-state index is 11.4. The van der Waals surface area contributed by atoms with Gasteiger partial charge in [0.25, 0.3) is 0 Å². The zero-order chi connectivity index (χ0) is 14.5. The predicted molar refractivity (Wildman–Crippen MR) is 81.8 cm³/mol. The van der Waals surface area contributed by atoms with E-state index in [0.29, 0.717) is 12.8 Å². The van der Waals surface area contributed by atoms with Gasteiger partial charge in [0.2, 0.25) is 0 Å². The Labute approximate surface area is 118 Å². The molecule has 100 valence electrons. The summed E-state index contributed by atoms with van der Waals surface area (Å²) in [5.74, 6) is 0.0232. The Bertz CT molecular complexity index is 634. The van der Waals surface area contributed by atoms with Crippen molar-refractivity contribution < 1.29 is 9.59 Å². The van der Waals surface area contributed by atoms with Crippen molar-refractivity contribution in [3.8, 4) is 0 Å². The Hall–Kier alpha value is -2.48. The molecule has 0 aromatic heterocycles. The number of carbonyl (C=O) groups excluding carboxylic acids is 2. The van der Waals surface area contributed by atoms with Crippen LogP contribution in [0.15, 0.2) is 61.7 Å². The summed E-state index contributed by atoms with van der Waals surface area (Å²) in [5.41, 5.74) is 1.94. The summed E-state index contributed by atoms with van der Waals surface area (Å²) in [6.45, 7) is 6.95. The van der Waals surface area contributed by atoms with Crippen molar-refractivity contribution in [2.45, 2.75) is 12.8 Å². The van der Waals surface area contributed by atoms with Crippen LogP contribution in [-0.2, 0) is 22.4 Å². The Balaban J connectivity index is 2.29. The lowest BCUT2D eigenvalue weighted by Gasteiger charge is -2.04. The molecule has 0 spiro atoms. The minimum atomic E-state index is 0.0116. The van der Waals surface area contributed by atoms with Crippen LogP contribution in [0.4, 0.5) is 0 Å². The molecule has 0 amide bonds. The molecule has 0 radical (unpaired) electrons. The molecule has 0 aliphatic rings. The average Bonchev–Trinajstić information content (AvgIpc) is 2.47. The van der Waals surface area contributed by atoms with Gasteiger partial charge in [-0.25, -0.2) is 0 Å². The number of carbonyl (C=O) groups is 2. The molecule has 0 aliphatic heterocycles. The van der Waals surface area contributed by atoms with Crippen LogP contribution in [-0.4, -0.2) is 11.6 Å². The normalized spacial score (nSPS) is 10.2. The molecule has 0 unspecified atom stereocenters. The van der Waals surface area contributed by atoms with Crippen LogP contribution in [0.1, 0.15) is 11.1 Å². The van der Waals surface area contributed by atoms with Crippen molar-refractivity contribution in [3.63, 3.8) is 0 Å². The van der Waals surface area contributed by atoms with Gasteiger partial charge in [0.05, 0.1) is 0 Å². The lowest BCUT2D eigenvalue weighted by molar-refractivity contribution is -0.114. The Morgan fingerprint density at radius 1 is 0.800 bits per heavy atom. The van der Waals surface area contributed by atoms with Gasteiger partial charge in [0.1, 0.15) is 0 Å². The van der Waals surface area contributed by atoms with Gasteiger partial charge in [-0.2, -0.15) is 0 Å². The van der Waals surface area contributed by atoms with E-state index >= 15 is 0 Å². The third-order valence-electron chi connectivity index (χ3n) is 3.18. The van der Waals surface area contributed by atoms with Crippen molar-refractivity contribution in [2.75, 3.05) is 0 Å². The summed E-state index contributed by atoms with van der Waals surface area (Å²) >= 11 is 0. The Kier molecular flexibility index (Phi) is 4.26. The van der Waals surface area contributed by atoms with Crippen LogP contribution in [0.5, 0.6) is 0 Å². The number of ketones is 2. The number of allylic oxidation sites excluding steroid dienone is 2. The number of hydrogen-bond acceptors (Lipinski definition) is 2. The number of hydrogen-bond donors (Lipinski definition) is 0. The van der Waals surface area contributed by atoms with Gasteiger partial charge in [-0.05, 0) is 34.1 Å². The molecule has 0 bridgehead atoms. The van der Waals surface area contributed by atoms with E-state index in [1.807, 2.05) is 36.4 Å². The molecule has 2 aromatic rings. The van der Waals surface area contributed by atoms with E-state index in [4.69, 9.17) is 0 Å². The Morgan fingerprint density at radius 3 is 1.55 bits per heavy atom. The van der Waals surface area contributed by atoms with Crippen LogP contribution in [0.3, 0.4) is 0 Å². The van der Waals surface area contributed by atoms with E-state index in [0.717, 1.165) is 21.9 Å². The van der Waals surface area contributed by atoms with E-state index in [2.05, 4.69) is 13.2 Å². The maximum Gasteiger partial charge on any atom is 0.159 e. The van der Waals surface area contributed by atoms with Crippen LogP contribution in [0.25, 0.3) is 10.8 Å². The molecule has 2 heteroatoms. The molecule has 20 heavy (non-hydrogen) atoms. The fourth-order valence-electron chi connectivity index (χ4n) is 2.11. The standard InChI is InChI=1S/C18H16O2/c1-3-17(19)11-13-5-7-16-10-14(12-18(20)4-2)6-8-15(16)9-13/h3-10H,1-2,11-12H2. The van der Waals surface area contributed by atoms with Crippen LogP contribution >= 0.6 is 0 Å². The minimum absolute atomic E-state index is 0.0116. The highest BCUT2D eigenvalue weighted by Gasteiger charge is 2.03. The minimum Gasteiger partial charge on any atom is -0.295 e. The number of rotatable bonds is 6. The van der Waals surface area contributed by atoms with Gasteiger partial charge < -0.3 is 0 Å².